The van der Waals surface area contributed by atoms with E-state index in [0.717, 1.165) is 115 Å². The van der Waals surface area contributed by atoms with Gasteiger partial charge in [0.25, 0.3) is 0 Å². The number of hydrogen-bond acceptors (Lipinski definition) is 6. The van der Waals surface area contributed by atoms with Crippen LogP contribution in [0.1, 0.15) is 97.9 Å². The van der Waals surface area contributed by atoms with E-state index in [1.165, 1.54) is 0 Å². The molecule has 0 saturated heterocycles. The molecule has 0 N–H and O–H groups in total. The maximum atomic E-state index is 6.66. The quantitative estimate of drug-likeness (QED) is 0.0820. The Morgan fingerprint density at radius 1 is 0.385 bits per heavy atom. The van der Waals surface area contributed by atoms with Gasteiger partial charge < -0.3 is 28.4 Å². The van der Waals surface area contributed by atoms with E-state index >= 15 is 0 Å². The number of ether oxygens (including phenoxy) is 6. The van der Waals surface area contributed by atoms with Crippen molar-refractivity contribution in [1.29, 1.82) is 0 Å². The fraction of sp³-hybridized carbons (Fsp3) is 0.455. The van der Waals surface area contributed by atoms with Crippen LogP contribution in [0.15, 0.2) is 60.7 Å². The SMILES string of the molecule is CCCOc1c2cccc1Cc1cc(OCCBr)cc(c1OCCC)Cc1cccc(c1OCCC)Cc1cc(OCCBr)cc(c1OCCC)C2. The number of halogens is 2. The lowest BCUT2D eigenvalue weighted by Gasteiger charge is -2.24. The highest BCUT2D eigenvalue weighted by atomic mass is 79.9. The van der Waals surface area contributed by atoms with Gasteiger partial charge in [-0.05, 0) is 72.2 Å². The van der Waals surface area contributed by atoms with Gasteiger partial charge in [0.1, 0.15) is 34.5 Å². The molecule has 4 aromatic rings. The first-order chi connectivity index (χ1) is 25.5. The average Bonchev–Trinajstić information content (AvgIpc) is 3.14. The van der Waals surface area contributed by atoms with E-state index < -0.39 is 0 Å². The lowest BCUT2D eigenvalue weighted by molar-refractivity contribution is 0.302. The molecule has 0 amide bonds. The van der Waals surface area contributed by atoms with Gasteiger partial charge in [0.05, 0.1) is 39.6 Å². The second kappa shape index (κ2) is 20.8. The standard InChI is InChI=1S/C44H54Br2O6/c1-5-17-49-41-31-11-9-12-32(41)24-36-28-40(48-22-16-46)30-38(44(36)52-20-8-4)26-34-14-10-13-33(42(34)50-18-6-2)25-37-29-39(47-21-15-45)27-35(23-31)43(37)51-19-7-3/h9-14,27-30H,5-8,15-26H2,1-4H3. The van der Waals surface area contributed by atoms with E-state index in [4.69, 9.17) is 28.4 Å². The van der Waals surface area contributed by atoms with Crippen molar-refractivity contribution in [2.24, 2.45) is 0 Å². The third kappa shape index (κ3) is 10.4. The minimum atomic E-state index is 0.566. The maximum absolute atomic E-state index is 6.66. The summed E-state index contributed by atoms with van der Waals surface area (Å²) in [7, 11) is 0. The molecule has 280 valence electrons. The van der Waals surface area contributed by atoms with Gasteiger partial charge in [-0.2, -0.15) is 0 Å². The molecule has 0 spiro atoms. The van der Waals surface area contributed by atoms with Gasteiger partial charge in [-0.3, -0.25) is 0 Å². The van der Waals surface area contributed by atoms with Gasteiger partial charge >= 0.3 is 0 Å². The van der Waals surface area contributed by atoms with Gasteiger partial charge in [-0.1, -0.05) is 96.0 Å². The highest BCUT2D eigenvalue weighted by Crippen LogP contribution is 2.41. The Morgan fingerprint density at radius 2 is 0.654 bits per heavy atom. The summed E-state index contributed by atoms with van der Waals surface area (Å²) in [6.45, 7) is 12.2. The molecule has 6 nitrogen and oxygen atoms in total. The summed E-state index contributed by atoms with van der Waals surface area (Å²) in [4.78, 5) is 0. The highest BCUT2D eigenvalue weighted by molar-refractivity contribution is 9.09. The molecule has 4 aromatic carbocycles. The fourth-order valence-electron chi connectivity index (χ4n) is 6.66. The third-order valence-electron chi connectivity index (χ3n) is 8.81. The van der Waals surface area contributed by atoms with Crippen molar-refractivity contribution in [3.63, 3.8) is 0 Å². The summed E-state index contributed by atoms with van der Waals surface area (Å²) >= 11 is 7.10. The lowest BCUT2D eigenvalue weighted by atomic mass is 9.91. The van der Waals surface area contributed by atoms with Crippen LogP contribution in [0.3, 0.4) is 0 Å². The first kappa shape index (κ1) is 39.8. The largest absolute Gasteiger partial charge is 0.493 e. The Kier molecular flexibility index (Phi) is 15.9. The highest BCUT2D eigenvalue weighted by Gasteiger charge is 2.23. The molecule has 8 heteroatoms. The Morgan fingerprint density at radius 3 is 0.904 bits per heavy atom. The van der Waals surface area contributed by atoms with Crippen LogP contribution < -0.4 is 28.4 Å². The molecule has 1 aliphatic carbocycles. The summed E-state index contributed by atoms with van der Waals surface area (Å²) in [5, 5.41) is 1.49. The van der Waals surface area contributed by atoms with Crippen molar-refractivity contribution < 1.29 is 28.4 Å². The van der Waals surface area contributed by atoms with E-state index in [2.05, 4.69) is 120 Å². The van der Waals surface area contributed by atoms with Gasteiger partial charge in [0.15, 0.2) is 0 Å². The van der Waals surface area contributed by atoms with Gasteiger partial charge in [0, 0.05) is 58.6 Å². The average molecular weight is 839 g/mol. The van der Waals surface area contributed by atoms with Crippen molar-refractivity contribution in [1.82, 2.24) is 0 Å². The summed E-state index contributed by atoms with van der Waals surface area (Å²) in [5.74, 6) is 5.32. The zero-order chi connectivity index (χ0) is 36.7. The Hall–Kier alpha value is -3.36. The molecular weight excluding hydrogens is 784 g/mol. The molecule has 0 aromatic heterocycles. The number of alkyl halides is 2. The van der Waals surface area contributed by atoms with E-state index in [1.54, 1.807) is 0 Å². The van der Waals surface area contributed by atoms with Gasteiger partial charge in [0.2, 0.25) is 0 Å². The number of hydrogen-bond donors (Lipinski definition) is 0. The molecule has 8 bridgehead atoms. The van der Waals surface area contributed by atoms with Crippen LogP contribution in [-0.4, -0.2) is 50.3 Å². The summed E-state index contributed by atoms with van der Waals surface area (Å²) < 4.78 is 39.2. The van der Waals surface area contributed by atoms with Crippen molar-refractivity contribution in [3.05, 3.63) is 105 Å². The lowest BCUT2D eigenvalue weighted by Crippen LogP contribution is -2.11. The van der Waals surface area contributed by atoms with Gasteiger partial charge in [-0.25, -0.2) is 0 Å². The summed E-state index contributed by atoms with van der Waals surface area (Å²) in [5.41, 5.74) is 8.75. The summed E-state index contributed by atoms with van der Waals surface area (Å²) in [6.07, 6.45) is 6.13. The van der Waals surface area contributed by atoms with Crippen molar-refractivity contribution >= 4 is 31.9 Å². The fourth-order valence-corrected chi connectivity index (χ4v) is 6.99. The molecule has 1 aliphatic rings. The second-order valence-corrected chi connectivity index (χ2v) is 14.7. The third-order valence-corrected chi connectivity index (χ3v) is 9.45. The molecule has 52 heavy (non-hydrogen) atoms. The molecule has 0 heterocycles. The first-order valence-electron chi connectivity index (χ1n) is 18.9. The van der Waals surface area contributed by atoms with Gasteiger partial charge in [-0.15, -0.1) is 0 Å². The molecule has 0 radical (unpaired) electrons. The van der Waals surface area contributed by atoms with Crippen molar-refractivity contribution in [2.75, 3.05) is 50.3 Å². The van der Waals surface area contributed by atoms with Crippen LogP contribution in [0.2, 0.25) is 0 Å². The maximum Gasteiger partial charge on any atom is 0.126 e. The predicted molar refractivity (Wildman–Crippen MR) is 219 cm³/mol. The van der Waals surface area contributed by atoms with Crippen LogP contribution in [-0.2, 0) is 25.7 Å². The predicted octanol–water partition coefficient (Wildman–Crippen LogP) is 11.1. The van der Waals surface area contributed by atoms with Crippen LogP contribution in [0.25, 0.3) is 0 Å². The molecule has 0 saturated carbocycles. The first-order valence-corrected chi connectivity index (χ1v) is 21.2. The molecule has 0 unspecified atom stereocenters. The van der Waals surface area contributed by atoms with Crippen LogP contribution >= 0.6 is 31.9 Å². The minimum Gasteiger partial charge on any atom is -0.493 e. The van der Waals surface area contributed by atoms with Crippen molar-refractivity contribution in [2.45, 2.75) is 79.1 Å². The topological polar surface area (TPSA) is 55.4 Å². The van der Waals surface area contributed by atoms with E-state index in [1.807, 2.05) is 0 Å². The van der Waals surface area contributed by atoms with E-state index in [-0.39, 0.29) is 0 Å². The van der Waals surface area contributed by atoms with Crippen LogP contribution in [0.4, 0.5) is 0 Å². The monoisotopic (exact) mass is 836 g/mol. The van der Waals surface area contributed by atoms with Crippen molar-refractivity contribution in [3.8, 4) is 34.5 Å². The molecule has 0 aliphatic heterocycles. The second-order valence-electron chi connectivity index (χ2n) is 13.1. The number of para-hydroxylation sites is 2. The van der Waals surface area contributed by atoms with E-state index in [0.29, 0.717) is 65.3 Å². The van der Waals surface area contributed by atoms with Crippen LogP contribution in [0.5, 0.6) is 34.5 Å². The Labute approximate surface area is 327 Å². The number of fused-ring (bicyclic) bond motifs is 8. The molecule has 0 fully saturated rings. The number of benzene rings is 4. The minimum absolute atomic E-state index is 0.566. The number of rotatable bonds is 18. The smallest absolute Gasteiger partial charge is 0.126 e. The van der Waals surface area contributed by atoms with Crippen LogP contribution in [0, 0.1) is 0 Å². The molecule has 0 atom stereocenters. The Balaban J connectivity index is 1.81. The molecular formula is C44H54Br2O6. The van der Waals surface area contributed by atoms with E-state index in [9.17, 15) is 0 Å². The zero-order valence-electron chi connectivity index (χ0n) is 31.3. The summed E-state index contributed by atoms with van der Waals surface area (Å²) in [6, 6.07) is 21.6. The Bertz CT molecular complexity index is 1520. The molecule has 5 rings (SSSR count). The zero-order valence-corrected chi connectivity index (χ0v) is 34.5. The normalized spacial score (nSPS) is 12.3.